The van der Waals surface area contributed by atoms with Crippen molar-refractivity contribution in [2.75, 3.05) is 13.1 Å². The molecule has 42 heavy (non-hydrogen) atoms. The zero-order chi connectivity index (χ0) is 30.0. The molecule has 1 aliphatic rings. The number of likely N-dealkylation sites (tertiary alicyclic amines) is 1. The Morgan fingerprint density at radius 1 is 1.05 bits per heavy atom. The maximum Gasteiger partial charge on any atom is 0.266 e. The quantitative estimate of drug-likeness (QED) is 0.208. The molecule has 0 aliphatic carbocycles. The van der Waals surface area contributed by atoms with Crippen LogP contribution in [0.5, 0.6) is 5.88 Å². The number of rotatable bonds is 7. The van der Waals surface area contributed by atoms with Crippen LogP contribution >= 0.6 is 34.5 Å². The first-order chi connectivity index (χ1) is 20.1. The van der Waals surface area contributed by atoms with Gasteiger partial charge in [-0.15, -0.1) is 11.3 Å². The Morgan fingerprint density at radius 3 is 2.43 bits per heavy atom. The van der Waals surface area contributed by atoms with E-state index < -0.39 is 0 Å². The summed E-state index contributed by atoms with van der Waals surface area (Å²) in [6.07, 6.45) is 6.10. The topological polar surface area (TPSA) is 77.3 Å². The van der Waals surface area contributed by atoms with Crippen LogP contribution in [-0.4, -0.2) is 44.5 Å². The molecule has 4 heterocycles. The predicted molar refractivity (Wildman–Crippen MR) is 171 cm³/mol. The van der Waals surface area contributed by atoms with Crippen LogP contribution in [0.25, 0.3) is 33.6 Å². The standard InChI is InChI=1S/C32H32Cl2N4O3S/c1-19(2)14-27-24(31(39)37-12-6-5-7-13-37)16-25(30-36-26(18-42-30)21-8-10-22(33)11-9-21)32(40)38(27)28-15-23(34)17-35-29(28)41-20(3)4/h8-11,14-18,20H,5-7,12-13H2,1-4H3. The lowest BCUT2D eigenvalue weighted by atomic mass is 10.0. The summed E-state index contributed by atoms with van der Waals surface area (Å²) in [7, 11) is 0. The van der Waals surface area contributed by atoms with Crippen molar-refractivity contribution in [1.82, 2.24) is 19.4 Å². The number of carbonyl (C=O) groups excluding carboxylic acids is 1. The summed E-state index contributed by atoms with van der Waals surface area (Å²) in [5, 5.41) is 3.36. The van der Waals surface area contributed by atoms with Crippen molar-refractivity contribution in [3.8, 4) is 33.4 Å². The van der Waals surface area contributed by atoms with Crippen LogP contribution in [0.15, 0.2) is 58.3 Å². The van der Waals surface area contributed by atoms with Gasteiger partial charge in [-0.3, -0.25) is 14.2 Å². The molecule has 5 rings (SSSR count). The van der Waals surface area contributed by atoms with Gasteiger partial charge in [0.15, 0.2) is 0 Å². The van der Waals surface area contributed by atoms with E-state index in [0.29, 0.717) is 56.3 Å². The van der Waals surface area contributed by atoms with Crippen molar-refractivity contribution in [2.24, 2.45) is 0 Å². The molecule has 0 N–H and O–H groups in total. The van der Waals surface area contributed by atoms with Gasteiger partial charge in [0.25, 0.3) is 11.5 Å². The molecule has 1 aromatic carbocycles. The number of hydrogen-bond acceptors (Lipinski definition) is 6. The van der Waals surface area contributed by atoms with E-state index in [1.165, 1.54) is 22.1 Å². The van der Waals surface area contributed by atoms with E-state index in [9.17, 15) is 9.59 Å². The third kappa shape index (κ3) is 6.46. The zero-order valence-corrected chi connectivity index (χ0v) is 26.3. The molecule has 3 aromatic heterocycles. The lowest BCUT2D eigenvalue weighted by Crippen LogP contribution is -2.37. The lowest BCUT2D eigenvalue weighted by molar-refractivity contribution is 0.0723. The number of aromatic nitrogens is 3. The molecular weight excluding hydrogens is 591 g/mol. The SMILES string of the molecule is CC(C)=Cc1c(C(=O)N2CCCCC2)cc(-c2nc(-c3ccc(Cl)cc3)cs2)c(=O)n1-c1cc(Cl)cnc1OC(C)C. The van der Waals surface area contributed by atoms with Crippen molar-refractivity contribution in [2.45, 2.75) is 53.1 Å². The molecule has 1 saturated heterocycles. The van der Waals surface area contributed by atoms with E-state index in [-0.39, 0.29) is 23.5 Å². The van der Waals surface area contributed by atoms with Crippen molar-refractivity contribution in [3.05, 3.63) is 85.2 Å². The van der Waals surface area contributed by atoms with E-state index in [4.69, 9.17) is 32.9 Å². The van der Waals surface area contributed by atoms with E-state index in [1.807, 2.05) is 56.2 Å². The van der Waals surface area contributed by atoms with Gasteiger partial charge >= 0.3 is 0 Å². The molecule has 10 heteroatoms. The number of hydrogen-bond donors (Lipinski definition) is 0. The highest BCUT2D eigenvalue weighted by Crippen LogP contribution is 2.33. The van der Waals surface area contributed by atoms with Crippen LogP contribution in [0.4, 0.5) is 0 Å². The number of ether oxygens (including phenoxy) is 1. The van der Waals surface area contributed by atoms with E-state index in [2.05, 4.69) is 4.98 Å². The summed E-state index contributed by atoms with van der Waals surface area (Å²) in [5.41, 5.74) is 3.68. The molecule has 0 saturated carbocycles. The van der Waals surface area contributed by atoms with Crippen molar-refractivity contribution in [3.63, 3.8) is 0 Å². The Bertz CT molecular complexity index is 1700. The highest BCUT2D eigenvalue weighted by Gasteiger charge is 2.27. The second kappa shape index (κ2) is 12.8. The fourth-order valence-corrected chi connectivity index (χ4v) is 6.03. The van der Waals surface area contributed by atoms with Gasteiger partial charge in [-0.2, -0.15) is 0 Å². The van der Waals surface area contributed by atoms with E-state index in [0.717, 1.165) is 30.4 Å². The number of carbonyl (C=O) groups is 1. The van der Waals surface area contributed by atoms with Gasteiger partial charge < -0.3 is 9.64 Å². The molecule has 1 aliphatic heterocycles. The molecule has 1 amide bonds. The molecule has 0 unspecified atom stereocenters. The minimum absolute atomic E-state index is 0.131. The van der Waals surface area contributed by atoms with Gasteiger partial charge in [0.1, 0.15) is 10.7 Å². The van der Waals surface area contributed by atoms with Crippen molar-refractivity contribution < 1.29 is 9.53 Å². The Kier molecular flexibility index (Phi) is 9.16. The second-order valence-electron chi connectivity index (χ2n) is 10.8. The highest BCUT2D eigenvalue weighted by molar-refractivity contribution is 7.13. The molecule has 4 aromatic rings. The van der Waals surface area contributed by atoms with Gasteiger partial charge in [0.05, 0.1) is 33.6 Å². The Balaban J connectivity index is 1.80. The second-order valence-corrected chi connectivity index (χ2v) is 12.5. The summed E-state index contributed by atoms with van der Waals surface area (Å²) in [6, 6.07) is 10.7. The fraction of sp³-hybridized carbons (Fsp3) is 0.312. The highest BCUT2D eigenvalue weighted by atomic mass is 35.5. The van der Waals surface area contributed by atoms with E-state index >= 15 is 0 Å². The summed E-state index contributed by atoms with van der Waals surface area (Å²) >= 11 is 13.9. The Hall–Kier alpha value is -3.46. The number of pyridine rings is 2. The zero-order valence-electron chi connectivity index (χ0n) is 24.0. The number of nitrogens with zero attached hydrogens (tertiary/aromatic N) is 4. The molecule has 0 bridgehead atoms. The minimum atomic E-state index is -0.354. The largest absolute Gasteiger partial charge is 0.473 e. The van der Waals surface area contributed by atoms with Crippen molar-refractivity contribution >= 4 is 46.5 Å². The molecule has 0 atom stereocenters. The van der Waals surface area contributed by atoms with Gasteiger partial charge in [0, 0.05) is 35.3 Å². The summed E-state index contributed by atoms with van der Waals surface area (Å²) in [4.78, 5) is 39.7. The Morgan fingerprint density at radius 2 is 1.76 bits per heavy atom. The number of benzene rings is 1. The summed E-state index contributed by atoms with van der Waals surface area (Å²) < 4.78 is 7.53. The molecule has 1 fully saturated rings. The van der Waals surface area contributed by atoms with Gasteiger partial charge in [0.2, 0.25) is 5.88 Å². The first-order valence-corrected chi connectivity index (χ1v) is 15.5. The van der Waals surface area contributed by atoms with Gasteiger partial charge in [-0.05, 0) is 77.3 Å². The number of thiazole rings is 1. The monoisotopic (exact) mass is 622 g/mol. The number of piperidine rings is 1. The number of halogens is 2. The van der Waals surface area contributed by atoms with Crippen LogP contribution in [0.3, 0.4) is 0 Å². The molecule has 0 spiro atoms. The smallest absolute Gasteiger partial charge is 0.266 e. The fourth-order valence-electron chi connectivity index (χ4n) is 4.92. The minimum Gasteiger partial charge on any atom is -0.473 e. The molecular formula is C32H32Cl2N4O3S. The summed E-state index contributed by atoms with van der Waals surface area (Å²) in [6.45, 7) is 8.96. The van der Waals surface area contributed by atoms with Crippen LogP contribution in [0.2, 0.25) is 10.0 Å². The van der Waals surface area contributed by atoms with Crippen LogP contribution in [-0.2, 0) is 0 Å². The van der Waals surface area contributed by atoms with Crippen LogP contribution in [0, 0.1) is 0 Å². The lowest BCUT2D eigenvalue weighted by Gasteiger charge is -2.28. The molecule has 218 valence electrons. The molecule has 7 nitrogen and oxygen atoms in total. The third-order valence-electron chi connectivity index (χ3n) is 6.80. The average Bonchev–Trinajstić information content (AvgIpc) is 3.44. The van der Waals surface area contributed by atoms with Crippen LogP contribution < -0.4 is 10.3 Å². The first kappa shape index (κ1) is 30.0. The maximum absolute atomic E-state index is 14.5. The van der Waals surface area contributed by atoms with Gasteiger partial charge in [-0.1, -0.05) is 40.9 Å². The van der Waals surface area contributed by atoms with Crippen molar-refractivity contribution in [1.29, 1.82) is 0 Å². The Labute approximate surface area is 259 Å². The predicted octanol–water partition coefficient (Wildman–Crippen LogP) is 8.17. The first-order valence-electron chi connectivity index (χ1n) is 13.9. The van der Waals surface area contributed by atoms with E-state index in [1.54, 1.807) is 24.3 Å². The molecule has 0 radical (unpaired) electrons. The third-order valence-corrected chi connectivity index (χ3v) is 8.13. The van der Waals surface area contributed by atoms with Crippen LogP contribution in [0.1, 0.15) is 63.0 Å². The maximum atomic E-state index is 14.5. The summed E-state index contributed by atoms with van der Waals surface area (Å²) in [5.74, 6) is 0.113. The normalized spacial score (nSPS) is 13.4. The average molecular weight is 624 g/mol. The number of amides is 1. The number of allylic oxidation sites excluding steroid dienone is 1. The van der Waals surface area contributed by atoms with Gasteiger partial charge in [-0.25, -0.2) is 9.97 Å².